The fourth-order valence-electron chi connectivity index (χ4n) is 4.29. The Labute approximate surface area is 209 Å². The number of benzene rings is 3. The Morgan fingerprint density at radius 2 is 1.86 bits per heavy atom. The van der Waals surface area contributed by atoms with Crippen LogP contribution in [0, 0.1) is 18.6 Å². The van der Waals surface area contributed by atoms with Crippen molar-refractivity contribution in [1.29, 1.82) is 0 Å². The topological polar surface area (TPSA) is 73.6 Å². The molecule has 4 rings (SSSR count). The maximum atomic E-state index is 15.4. The lowest BCUT2D eigenvalue weighted by Crippen LogP contribution is -2.44. The van der Waals surface area contributed by atoms with Crippen molar-refractivity contribution in [1.82, 2.24) is 5.32 Å². The van der Waals surface area contributed by atoms with Gasteiger partial charge < -0.3 is 20.5 Å². The van der Waals surface area contributed by atoms with Crippen molar-refractivity contribution in [2.45, 2.75) is 38.8 Å². The molecule has 0 radical (unpaired) electrons. The SMILES string of the molecule is COc1ccc(C)c(-c2c(Cl)c(F)cc3c2C[C@@](CNC(C)C)(c2ccccc2)O3)c1F.NC=O. The first-order valence-corrected chi connectivity index (χ1v) is 11.5. The Morgan fingerprint density at radius 1 is 1.20 bits per heavy atom. The molecular weight excluding hydrogens is 474 g/mol. The second-order valence-electron chi connectivity index (χ2n) is 8.61. The Bertz CT molecular complexity index is 1210. The fourth-order valence-corrected chi connectivity index (χ4v) is 4.55. The molecule has 8 heteroatoms. The largest absolute Gasteiger partial charge is 0.494 e. The zero-order chi connectivity index (χ0) is 25.8. The van der Waals surface area contributed by atoms with Gasteiger partial charge in [-0.2, -0.15) is 0 Å². The number of methoxy groups -OCH3 is 1. The van der Waals surface area contributed by atoms with E-state index in [-0.39, 0.29) is 28.8 Å². The van der Waals surface area contributed by atoms with Crippen LogP contribution in [0.25, 0.3) is 11.1 Å². The van der Waals surface area contributed by atoms with Gasteiger partial charge in [-0.15, -0.1) is 0 Å². The molecule has 1 amide bonds. The van der Waals surface area contributed by atoms with E-state index < -0.39 is 17.2 Å². The van der Waals surface area contributed by atoms with Crippen LogP contribution in [0.4, 0.5) is 8.78 Å². The third-order valence-electron chi connectivity index (χ3n) is 5.93. The highest BCUT2D eigenvalue weighted by molar-refractivity contribution is 6.34. The van der Waals surface area contributed by atoms with Crippen molar-refractivity contribution >= 4 is 18.0 Å². The molecule has 0 aromatic heterocycles. The van der Waals surface area contributed by atoms with Crippen molar-refractivity contribution in [3.05, 3.63) is 81.9 Å². The van der Waals surface area contributed by atoms with E-state index >= 15 is 4.39 Å². The second kappa shape index (κ2) is 11.1. The zero-order valence-electron chi connectivity index (χ0n) is 20.1. The van der Waals surface area contributed by atoms with Crippen LogP contribution in [0.5, 0.6) is 11.5 Å². The molecule has 186 valence electrons. The van der Waals surface area contributed by atoms with E-state index in [1.807, 2.05) is 30.3 Å². The summed E-state index contributed by atoms with van der Waals surface area (Å²) in [7, 11) is 1.40. The summed E-state index contributed by atoms with van der Waals surface area (Å²) in [5, 5.41) is 3.32. The molecule has 1 heterocycles. The van der Waals surface area contributed by atoms with Crippen molar-refractivity contribution < 1.29 is 23.0 Å². The fraction of sp³-hybridized carbons (Fsp3) is 0.296. The number of nitrogens with two attached hydrogens (primary N) is 1. The van der Waals surface area contributed by atoms with Gasteiger partial charge in [-0.3, -0.25) is 4.79 Å². The van der Waals surface area contributed by atoms with Crippen LogP contribution >= 0.6 is 11.6 Å². The Kier molecular flexibility index (Phi) is 8.35. The van der Waals surface area contributed by atoms with Gasteiger partial charge in [0.1, 0.15) is 11.6 Å². The highest BCUT2D eigenvalue weighted by Gasteiger charge is 2.43. The summed E-state index contributed by atoms with van der Waals surface area (Å²) in [4.78, 5) is 8.58. The molecular formula is C27H29ClF2N2O3. The quantitative estimate of drug-likeness (QED) is 0.434. The normalized spacial score (nSPS) is 16.2. The van der Waals surface area contributed by atoms with Gasteiger partial charge in [0, 0.05) is 41.8 Å². The van der Waals surface area contributed by atoms with Crippen LogP contribution < -0.4 is 20.5 Å². The lowest BCUT2D eigenvalue weighted by molar-refractivity contribution is -0.106. The smallest absolute Gasteiger partial charge is 0.204 e. The minimum Gasteiger partial charge on any atom is -0.494 e. The molecule has 0 bridgehead atoms. The molecule has 3 N–H and O–H groups in total. The highest BCUT2D eigenvalue weighted by atomic mass is 35.5. The van der Waals surface area contributed by atoms with Gasteiger partial charge in [-0.25, -0.2) is 8.78 Å². The average molecular weight is 503 g/mol. The molecule has 3 aromatic rings. The molecule has 0 saturated carbocycles. The lowest BCUT2D eigenvalue weighted by Gasteiger charge is -2.31. The maximum Gasteiger partial charge on any atom is 0.204 e. The summed E-state index contributed by atoms with van der Waals surface area (Å²) in [5.41, 5.74) is 6.21. The van der Waals surface area contributed by atoms with Crippen LogP contribution in [0.3, 0.4) is 0 Å². The summed E-state index contributed by atoms with van der Waals surface area (Å²) in [6.07, 6.45) is 0.664. The number of primary amides is 1. The molecule has 35 heavy (non-hydrogen) atoms. The van der Waals surface area contributed by atoms with Crippen LogP contribution in [0.15, 0.2) is 48.5 Å². The third kappa shape index (κ3) is 5.26. The monoisotopic (exact) mass is 502 g/mol. The Morgan fingerprint density at radius 3 is 2.46 bits per heavy atom. The van der Waals surface area contributed by atoms with Crippen LogP contribution in [-0.4, -0.2) is 26.1 Å². The third-order valence-corrected chi connectivity index (χ3v) is 6.30. The summed E-state index contributed by atoms with van der Waals surface area (Å²) in [6, 6.07) is 14.6. The summed E-state index contributed by atoms with van der Waals surface area (Å²) in [5.74, 6) is -0.769. The molecule has 0 fully saturated rings. The summed E-state index contributed by atoms with van der Waals surface area (Å²) in [6.45, 7) is 6.38. The number of carbonyl (C=O) groups excluding carboxylic acids is 1. The van der Waals surface area contributed by atoms with Gasteiger partial charge in [0.15, 0.2) is 17.2 Å². The van der Waals surface area contributed by atoms with Gasteiger partial charge in [-0.05, 0) is 24.1 Å². The second-order valence-corrected chi connectivity index (χ2v) is 8.99. The van der Waals surface area contributed by atoms with E-state index in [0.29, 0.717) is 35.4 Å². The van der Waals surface area contributed by atoms with Gasteiger partial charge in [0.2, 0.25) is 6.41 Å². The standard InChI is InChI=1S/C26H26ClF2NO2.CH3NO/c1-15(2)30-14-26(17-8-6-5-7-9-17)13-18-21(32-26)12-19(28)24(27)23(18)22-16(3)10-11-20(31-4)25(22)29;2-1-3/h5-12,15,30H,13-14H2,1-4H3;1H,(H2,2,3)/t26-;/m1./s1. The average Bonchev–Trinajstić information content (AvgIpc) is 3.20. The van der Waals surface area contributed by atoms with Crippen LogP contribution in [0.1, 0.15) is 30.5 Å². The molecule has 1 aliphatic heterocycles. The number of halogens is 3. The van der Waals surface area contributed by atoms with Gasteiger partial charge in [0.25, 0.3) is 0 Å². The van der Waals surface area contributed by atoms with E-state index in [2.05, 4.69) is 24.9 Å². The molecule has 0 aliphatic carbocycles. The van der Waals surface area contributed by atoms with Gasteiger partial charge in [-0.1, -0.05) is 61.8 Å². The zero-order valence-corrected chi connectivity index (χ0v) is 20.9. The molecule has 0 unspecified atom stereocenters. The van der Waals surface area contributed by atoms with Crippen molar-refractivity contribution in [2.75, 3.05) is 13.7 Å². The van der Waals surface area contributed by atoms with Crippen molar-refractivity contribution in [3.63, 3.8) is 0 Å². The first kappa shape index (κ1) is 26.4. The number of ether oxygens (including phenoxy) is 2. The lowest BCUT2D eigenvalue weighted by atomic mass is 9.85. The number of rotatable bonds is 6. The number of fused-ring (bicyclic) bond motifs is 1. The van der Waals surface area contributed by atoms with Crippen LogP contribution in [-0.2, 0) is 16.8 Å². The van der Waals surface area contributed by atoms with E-state index in [1.165, 1.54) is 13.2 Å². The number of hydrogen-bond acceptors (Lipinski definition) is 4. The summed E-state index contributed by atoms with van der Waals surface area (Å²) < 4.78 is 42.0. The van der Waals surface area contributed by atoms with E-state index in [9.17, 15) is 4.39 Å². The van der Waals surface area contributed by atoms with E-state index in [0.717, 1.165) is 5.56 Å². The van der Waals surface area contributed by atoms with Crippen LogP contribution in [0.2, 0.25) is 5.02 Å². The molecule has 1 aliphatic rings. The first-order valence-electron chi connectivity index (χ1n) is 11.2. The first-order chi connectivity index (χ1) is 16.7. The van der Waals surface area contributed by atoms with Crippen molar-refractivity contribution in [2.24, 2.45) is 5.73 Å². The number of carbonyl (C=O) groups is 1. The Balaban J connectivity index is 0.00000108. The number of hydrogen-bond donors (Lipinski definition) is 2. The predicted octanol–water partition coefficient (Wildman–Crippen LogP) is 5.53. The van der Waals surface area contributed by atoms with Gasteiger partial charge in [0.05, 0.1) is 12.1 Å². The number of amides is 1. The molecule has 0 saturated heterocycles. The number of nitrogens with one attached hydrogen (secondary N) is 1. The van der Waals surface area contributed by atoms with E-state index in [4.69, 9.17) is 25.9 Å². The molecule has 1 atom stereocenters. The number of aryl methyl sites for hydroxylation is 1. The molecule has 0 spiro atoms. The minimum atomic E-state index is -0.775. The molecule has 5 nitrogen and oxygen atoms in total. The van der Waals surface area contributed by atoms with Gasteiger partial charge >= 0.3 is 0 Å². The highest BCUT2D eigenvalue weighted by Crippen LogP contribution is 2.50. The maximum absolute atomic E-state index is 15.4. The minimum absolute atomic E-state index is 0.0781. The summed E-state index contributed by atoms with van der Waals surface area (Å²) >= 11 is 6.46. The predicted molar refractivity (Wildman–Crippen MR) is 134 cm³/mol. The van der Waals surface area contributed by atoms with Crippen molar-refractivity contribution in [3.8, 4) is 22.6 Å². The molecule has 3 aromatic carbocycles. The Hall–Kier alpha value is -3.16. The van der Waals surface area contributed by atoms with E-state index in [1.54, 1.807) is 19.1 Å².